The summed E-state index contributed by atoms with van der Waals surface area (Å²) in [5.74, 6) is 1.05. The van der Waals surface area contributed by atoms with Gasteiger partial charge in [-0.15, -0.1) is 11.3 Å². The highest BCUT2D eigenvalue weighted by atomic mass is 32.1. The molecule has 1 unspecified atom stereocenters. The van der Waals surface area contributed by atoms with E-state index in [-0.39, 0.29) is 0 Å². The monoisotopic (exact) mass is 235 g/mol. The van der Waals surface area contributed by atoms with Crippen molar-refractivity contribution in [2.75, 3.05) is 6.54 Å². The van der Waals surface area contributed by atoms with E-state index in [9.17, 15) is 0 Å². The molecule has 2 nitrogen and oxygen atoms in total. The van der Waals surface area contributed by atoms with E-state index in [1.807, 2.05) is 23.5 Å². The van der Waals surface area contributed by atoms with E-state index in [2.05, 4.69) is 29.8 Å². The molecule has 16 heavy (non-hydrogen) atoms. The first-order chi connectivity index (χ1) is 7.84. The molecule has 2 aromatic rings. The fourth-order valence-electron chi connectivity index (χ4n) is 1.70. The quantitative estimate of drug-likeness (QED) is 0.832. The molecule has 2 aromatic heterocycles. The van der Waals surface area contributed by atoms with Crippen LogP contribution < -0.4 is 5.32 Å². The SMILES string of the molecule is CC(Cc1cccs1)NCCc1ccco1. The van der Waals surface area contributed by atoms with E-state index in [0.29, 0.717) is 6.04 Å². The Bertz CT molecular complexity index is 380. The minimum absolute atomic E-state index is 0.522. The van der Waals surface area contributed by atoms with Crippen LogP contribution in [0.4, 0.5) is 0 Å². The summed E-state index contributed by atoms with van der Waals surface area (Å²) in [5, 5.41) is 5.64. The van der Waals surface area contributed by atoms with Crippen molar-refractivity contribution in [2.24, 2.45) is 0 Å². The van der Waals surface area contributed by atoms with Crippen molar-refractivity contribution in [2.45, 2.75) is 25.8 Å². The molecule has 2 heterocycles. The average molecular weight is 235 g/mol. The van der Waals surface area contributed by atoms with Gasteiger partial charge in [0.1, 0.15) is 5.76 Å². The Balaban J connectivity index is 1.66. The zero-order chi connectivity index (χ0) is 11.2. The van der Waals surface area contributed by atoms with E-state index in [0.717, 1.165) is 25.1 Å². The van der Waals surface area contributed by atoms with Crippen molar-refractivity contribution in [3.05, 3.63) is 46.5 Å². The van der Waals surface area contributed by atoms with Gasteiger partial charge >= 0.3 is 0 Å². The Hall–Kier alpha value is -1.06. The number of hydrogen-bond acceptors (Lipinski definition) is 3. The Morgan fingerprint density at radius 3 is 3.00 bits per heavy atom. The maximum Gasteiger partial charge on any atom is 0.105 e. The van der Waals surface area contributed by atoms with Gasteiger partial charge in [0.25, 0.3) is 0 Å². The highest BCUT2D eigenvalue weighted by Crippen LogP contribution is 2.10. The summed E-state index contributed by atoms with van der Waals surface area (Å²) in [6, 6.07) is 8.77. The molecule has 0 aliphatic carbocycles. The molecule has 86 valence electrons. The topological polar surface area (TPSA) is 25.2 Å². The van der Waals surface area contributed by atoms with Crippen LogP contribution in [0.1, 0.15) is 17.6 Å². The molecule has 1 N–H and O–H groups in total. The van der Waals surface area contributed by atoms with Crippen molar-refractivity contribution >= 4 is 11.3 Å². The van der Waals surface area contributed by atoms with Gasteiger partial charge < -0.3 is 9.73 Å². The Morgan fingerprint density at radius 2 is 2.31 bits per heavy atom. The molecule has 0 bridgehead atoms. The molecule has 0 radical (unpaired) electrons. The summed E-state index contributed by atoms with van der Waals surface area (Å²) >= 11 is 1.82. The Labute approximate surface area is 100 Å². The molecule has 0 aliphatic heterocycles. The zero-order valence-corrected chi connectivity index (χ0v) is 10.3. The fourth-order valence-corrected chi connectivity index (χ4v) is 2.53. The molecule has 3 heteroatoms. The lowest BCUT2D eigenvalue weighted by Crippen LogP contribution is -2.29. The summed E-state index contributed by atoms with van der Waals surface area (Å²) in [5.41, 5.74) is 0. The number of rotatable bonds is 6. The largest absolute Gasteiger partial charge is 0.469 e. The van der Waals surface area contributed by atoms with Crippen LogP contribution in [0.2, 0.25) is 0 Å². The molecule has 0 amide bonds. The van der Waals surface area contributed by atoms with Crippen molar-refractivity contribution in [1.29, 1.82) is 0 Å². The van der Waals surface area contributed by atoms with Crippen LogP contribution in [0.25, 0.3) is 0 Å². The second kappa shape index (κ2) is 5.87. The normalized spacial score (nSPS) is 12.8. The van der Waals surface area contributed by atoms with Crippen LogP contribution >= 0.6 is 11.3 Å². The molecule has 0 spiro atoms. The molecule has 0 aliphatic rings. The number of thiophene rings is 1. The van der Waals surface area contributed by atoms with Gasteiger partial charge in [0, 0.05) is 23.9 Å². The summed E-state index contributed by atoms with van der Waals surface area (Å²) < 4.78 is 5.28. The molecule has 0 fully saturated rings. The van der Waals surface area contributed by atoms with Crippen LogP contribution in [0, 0.1) is 0 Å². The third kappa shape index (κ3) is 3.51. The minimum Gasteiger partial charge on any atom is -0.469 e. The third-order valence-corrected chi connectivity index (χ3v) is 3.43. The fraction of sp³-hybridized carbons (Fsp3) is 0.385. The lowest BCUT2D eigenvalue weighted by Gasteiger charge is -2.11. The van der Waals surface area contributed by atoms with Crippen LogP contribution in [0.3, 0.4) is 0 Å². The molecule has 0 saturated heterocycles. The third-order valence-electron chi connectivity index (χ3n) is 2.53. The molecule has 2 rings (SSSR count). The Morgan fingerprint density at radius 1 is 1.38 bits per heavy atom. The van der Waals surface area contributed by atoms with Crippen LogP contribution in [0.15, 0.2) is 40.3 Å². The maximum atomic E-state index is 5.28. The van der Waals surface area contributed by atoms with Gasteiger partial charge in [-0.1, -0.05) is 6.07 Å². The number of nitrogens with one attached hydrogen (secondary N) is 1. The van der Waals surface area contributed by atoms with E-state index in [4.69, 9.17) is 4.42 Å². The molecule has 1 atom stereocenters. The van der Waals surface area contributed by atoms with Gasteiger partial charge in [-0.2, -0.15) is 0 Å². The van der Waals surface area contributed by atoms with Crippen molar-refractivity contribution in [3.63, 3.8) is 0 Å². The van der Waals surface area contributed by atoms with Gasteiger partial charge in [0.05, 0.1) is 6.26 Å². The number of furan rings is 1. The van der Waals surface area contributed by atoms with Crippen molar-refractivity contribution in [1.82, 2.24) is 5.32 Å². The summed E-state index contributed by atoms with van der Waals surface area (Å²) in [4.78, 5) is 1.44. The standard InChI is InChI=1S/C13H17NOS/c1-11(10-13-5-3-9-16-13)14-7-6-12-4-2-8-15-12/h2-5,8-9,11,14H,6-7,10H2,1H3. The second-order valence-corrected chi connectivity index (χ2v) is 5.00. The first kappa shape index (κ1) is 11.4. The average Bonchev–Trinajstić information content (AvgIpc) is 2.90. The molecule has 0 saturated carbocycles. The highest BCUT2D eigenvalue weighted by molar-refractivity contribution is 7.09. The predicted molar refractivity (Wildman–Crippen MR) is 67.9 cm³/mol. The number of hydrogen-bond donors (Lipinski definition) is 1. The van der Waals surface area contributed by atoms with Gasteiger partial charge in [0.15, 0.2) is 0 Å². The molecular formula is C13H17NOS. The smallest absolute Gasteiger partial charge is 0.105 e. The van der Waals surface area contributed by atoms with E-state index in [1.165, 1.54) is 4.88 Å². The first-order valence-corrected chi connectivity index (χ1v) is 6.50. The minimum atomic E-state index is 0.522. The summed E-state index contributed by atoms with van der Waals surface area (Å²) in [6.07, 6.45) is 3.79. The maximum absolute atomic E-state index is 5.28. The van der Waals surface area contributed by atoms with Gasteiger partial charge in [-0.3, -0.25) is 0 Å². The van der Waals surface area contributed by atoms with Gasteiger partial charge in [-0.05, 0) is 36.9 Å². The van der Waals surface area contributed by atoms with Crippen LogP contribution in [0.5, 0.6) is 0 Å². The predicted octanol–water partition coefficient (Wildman–Crippen LogP) is 3.10. The Kier molecular flexibility index (Phi) is 4.19. The summed E-state index contributed by atoms with van der Waals surface area (Å²) in [6.45, 7) is 3.20. The molecular weight excluding hydrogens is 218 g/mol. The molecule has 0 aromatic carbocycles. The van der Waals surface area contributed by atoms with E-state index < -0.39 is 0 Å². The van der Waals surface area contributed by atoms with Gasteiger partial charge in [-0.25, -0.2) is 0 Å². The zero-order valence-electron chi connectivity index (χ0n) is 9.48. The van der Waals surface area contributed by atoms with E-state index in [1.54, 1.807) is 6.26 Å². The van der Waals surface area contributed by atoms with Crippen LogP contribution in [-0.2, 0) is 12.8 Å². The summed E-state index contributed by atoms with van der Waals surface area (Å²) in [7, 11) is 0. The van der Waals surface area contributed by atoms with E-state index >= 15 is 0 Å². The van der Waals surface area contributed by atoms with Gasteiger partial charge in [0.2, 0.25) is 0 Å². The lowest BCUT2D eigenvalue weighted by atomic mass is 10.2. The van der Waals surface area contributed by atoms with Crippen LogP contribution in [-0.4, -0.2) is 12.6 Å². The second-order valence-electron chi connectivity index (χ2n) is 3.97. The van der Waals surface area contributed by atoms with Crippen molar-refractivity contribution in [3.8, 4) is 0 Å². The highest BCUT2D eigenvalue weighted by Gasteiger charge is 2.03. The first-order valence-electron chi connectivity index (χ1n) is 5.63. The lowest BCUT2D eigenvalue weighted by molar-refractivity contribution is 0.481. The van der Waals surface area contributed by atoms with Crippen molar-refractivity contribution < 1.29 is 4.42 Å².